The Kier molecular flexibility index (Phi) is 2.49. The average Bonchev–Trinajstić information content (AvgIpc) is 2.48. The van der Waals surface area contributed by atoms with Crippen molar-refractivity contribution in [3.63, 3.8) is 0 Å². The van der Waals surface area contributed by atoms with Gasteiger partial charge in [-0.1, -0.05) is 25.7 Å². The summed E-state index contributed by atoms with van der Waals surface area (Å²) in [6, 6.07) is 0. The standard InChI is InChI=1S/C9H15N2O/c1-2-4-6-8(5-3-1)9-11-10-7-12-9/h7-8,11H,1-6H2. The van der Waals surface area contributed by atoms with Crippen molar-refractivity contribution in [1.82, 2.24) is 5.43 Å². The third kappa shape index (κ3) is 1.71. The molecule has 3 nitrogen and oxygen atoms in total. The molecule has 0 amide bonds. The minimum atomic E-state index is 0.593. The van der Waals surface area contributed by atoms with Gasteiger partial charge in [-0.25, -0.2) is 0 Å². The van der Waals surface area contributed by atoms with E-state index in [0.717, 1.165) is 6.23 Å². The van der Waals surface area contributed by atoms with Crippen molar-refractivity contribution in [2.45, 2.75) is 38.5 Å². The minimum Gasteiger partial charge on any atom is -0.448 e. The highest BCUT2D eigenvalue weighted by atomic mass is 16.5. The normalized spacial score (nSPS) is 26.3. The van der Waals surface area contributed by atoms with Crippen LogP contribution in [0.15, 0.2) is 5.10 Å². The SMILES string of the molecule is C1=NN[C](C2CCCCCC2)O1. The van der Waals surface area contributed by atoms with Crippen LogP contribution in [0.1, 0.15) is 38.5 Å². The number of hydrazone groups is 1. The van der Waals surface area contributed by atoms with Gasteiger partial charge >= 0.3 is 0 Å². The van der Waals surface area contributed by atoms with Gasteiger partial charge in [-0.05, 0) is 12.8 Å². The molecule has 0 bridgehead atoms. The number of ether oxygens (including phenoxy) is 1. The zero-order chi connectivity index (χ0) is 8.23. The zero-order valence-corrected chi connectivity index (χ0v) is 7.25. The Labute approximate surface area is 73.2 Å². The molecule has 0 atom stereocenters. The van der Waals surface area contributed by atoms with Gasteiger partial charge in [0.25, 0.3) is 6.23 Å². The topological polar surface area (TPSA) is 33.6 Å². The van der Waals surface area contributed by atoms with Gasteiger partial charge in [-0.15, -0.1) is 5.10 Å². The van der Waals surface area contributed by atoms with E-state index >= 15 is 0 Å². The molecule has 12 heavy (non-hydrogen) atoms. The second kappa shape index (κ2) is 3.78. The molecule has 1 aliphatic heterocycles. The van der Waals surface area contributed by atoms with Crippen molar-refractivity contribution in [2.75, 3.05) is 0 Å². The molecule has 3 heteroatoms. The summed E-state index contributed by atoms with van der Waals surface area (Å²) >= 11 is 0. The lowest BCUT2D eigenvalue weighted by atomic mass is 9.99. The van der Waals surface area contributed by atoms with E-state index in [1.54, 1.807) is 0 Å². The lowest BCUT2D eigenvalue weighted by Gasteiger charge is -2.17. The van der Waals surface area contributed by atoms with Crippen LogP contribution in [-0.2, 0) is 4.74 Å². The maximum Gasteiger partial charge on any atom is 0.259 e. The summed E-state index contributed by atoms with van der Waals surface area (Å²) in [5.74, 6) is 0.593. The van der Waals surface area contributed by atoms with Gasteiger partial charge in [0.05, 0.1) is 0 Å². The lowest BCUT2D eigenvalue weighted by Crippen LogP contribution is -2.21. The van der Waals surface area contributed by atoms with Crippen molar-refractivity contribution < 1.29 is 4.74 Å². The van der Waals surface area contributed by atoms with E-state index in [4.69, 9.17) is 4.74 Å². The van der Waals surface area contributed by atoms with Gasteiger partial charge in [0.1, 0.15) is 0 Å². The Balaban J connectivity index is 1.84. The van der Waals surface area contributed by atoms with E-state index in [9.17, 15) is 0 Å². The highest BCUT2D eigenvalue weighted by molar-refractivity contribution is 5.49. The second-order valence-corrected chi connectivity index (χ2v) is 3.52. The first kappa shape index (κ1) is 7.90. The molecule has 67 valence electrons. The smallest absolute Gasteiger partial charge is 0.259 e. The van der Waals surface area contributed by atoms with Gasteiger partial charge in [-0.2, -0.15) is 0 Å². The summed E-state index contributed by atoms with van der Waals surface area (Å²) in [7, 11) is 0. The zero-order valence-electron chi connectivity index (χ0n) is 7.25. The number of hydrogen-bond donors (Lipinski definition) is 1. The molecule has 1 heterocycles. The Bertz CT molecular complexity index is 154. The molecule has 2 rings (SSSR count). The van der Waals surface area contributed by atoms with Crippen LogP contribution in [-0.4, -0.2) is 6.40 Å². The Hall–Kier alpha value is -0.730. The second-order valence-electron chi connectivity index (χ2n) is 3.52. The van der Waals surface area contributed by atoms with Crippen molar-refractivity contribution >= 4 is 6.40 Å². The van der Waals surface area contributed by atoms with Crippen LogP contribution in [0.5, 0.6) is 0 Å². The molecule has 0 spiro atoms. The number of nitrogens with one attached hydrogen (secondary N) is 1. The first-order chi connectivity index (χ1) is 5.97. The molecule has 0 saturated heterocycles. The van der Waals surface area contributed by atoms with Crippen LogP contribution in [0.2, 0.25) is 0 Å². The molecule has 1 saturated carbocycles. The minimum absolute atomic E-state index is 0.593. The predicted octanol–water partition coefficient (Wildman–Crippen LogP) is 2.01. The Morgan fingerprint density at radius 2 is 2.00 bits per heavy atom. The first-order valence-corrected chi connectivity index (χ1v) is 4.78. The van der Waals surface area contributed by atoms with Crippen molar-refractivity contribution in [3.05, 3.63) is 6.23 Å². The van der Waals surface area contributed by atoms with Crippen molar-refractivity contribution in [3.8, 4) is 0 Å². The molecule has 1 radical (unpaired) electrons. The van der Waals surface area contributed by atoms with Gasteiger partial charge < -0.3 is 4.74 Å². The Morgan fingerprint density at radius 3 is 2.58 bits per heavy atom. The fourth-order valence-corrected chi connectivity index (χ4v) is 1.93. The molecule has 1 fully saturated rings. The van der Waals surface area contributed by atoms with Gasteiger partial charge in [0.2, 0.25) is 0 Å². The molecular formula is C9H15N2O. The summed E-state index contributed by atoms with van der Waals surface area (Å²) in [6.45, 7) is 0. The summed E-state index contributed by atoms with van der Waals surface area (Å²) in [6.07, 6.45) is 10.4. The van der Waals surface area contributed by atoms with E-state index in [1.165, 1.54) is 44.9 Å². The number of rotatable bonds is 1. The first-order valence-electron chi connectivity index (χ1n) is 4.78. The highest BCUT2D eigenvalue weighted by Crippen LogP contribution is 2.30. The summed E-state index contributed by atoms with van der Waals surface area (Å²) in [5.41, 5.74) is 2.92. The van der Waals surface area contributed by atoms with E-state index in [0.29, 0.717) is 5.92 Å². The largest absolute Gasteiger partial charge is 0.448 e. The molecule has 2 aliphatic rings. The van der Waals surface area contributed by atoms with Crippen LogP contribution in [0.3, 0.4) is 0 Å². The van der Waals surface area contributed by atoms with Gasteiger partial charge in [0, 0.05) is 5.92 Å². The van der Waals surface area contributed by atoms with Crippen LogP contribution < -0.4 is 5.43 Å². The maximum atomic E-state index is 5.26. The fourth-order valence-electron chi connectivity index (χ4n) is 1.93. The third-order valence-electron chi connectivity index (χ3n) is 2.63. The monoisotopic (exact) mass is 167 g/mol. The third-order valence-corrected chi connectivity index (χ3v) is 2.63. The molecule has 0 aromatic rings. The molecule has 0 unspecified atom stereocenters. The highest BCUT2D eigenvalue weighted by Gasteiger charge is 2.27. The van der Waals surface area contributed by atoms with Crippen molar-refractivity contribution in [1.29, 1.82) is 0 Å². The van der Waals surface area contributed by atoms with E-state index in [2.05, 4.69) is 10.5 Å². The predicted molar refractivity (Wildman–Crippen MR) is 47.1 cm³/mol. The molecule has 1 N–H and O–H groups in total. The Morgan fingerprint density at radius 1 is 1.25 bits per heavy atom. The summed E-state index contributed by atoms with van der Waals surface area (Å²) < 4.78 is 5.26. The lowest BCUT2D eigenvalue weighted by molar-refractivity contribution is 0.224. The van der Waals surface area contributed by atoms with Crippen LogP contribution >= 0.6 is 0 Å². The van der Waals surface area contributed by atoms with Crippen molar-refractivity contribution in [2.24, 2.45) is 11.0 Å². The van der Waals surface area contributed by atoms with Crippen LogP contribution in [0.4, 0.5) is 0 Å². The summed E-state index contributed by atoms with van der Waals surface area (Å²) in [4.78, 5) is 0. The fraction of sp³-hybridized carbons (Fsp3) is 0.778. The molecule has 0 aromatic carbocycles. The van der Waals surface area contributed by atoms with Gasteiger partial charge in [0.15, 0.2) is 6.40 Å². The maximum absolute atomic E-state index is 5.26. The van der Waals surface area contributed by atoms with Gasteiger partial charge in [-0.3, -0.25) is 5.43 Å². The average molecular weight is 167 g/mol. The van der Waals surface area contributed by atoms with E-state index < -0.39 is 0 Å². The van der Waals surface area contributed by atoms with E-state index in [-0.39, 0.29) is 0 Å². The van der Waals surface area contributed by atoms with Crippen LogP contribution in [0.25, 0.3) is 0 Å². The number of hydrogen-bond acceptors (Lipinski definition) is 3. The summed E-state index contributed by atoms with van der Waals surface area (Å²) in [5, 5.41) is 3.84. The van der Waals surface area contributed by atoms with E-state index in [1.807, 2.05) is 0 Å². The number of nitrogens with zero attached hydrogens (tertiary/aromatic N) is 1. The molecule has 0 aromatic heterocycles. The molecular weight excluding hydrogens is 152 g/mol. The quantitative estimate of drug-likeness (QED) is 0.606. The molecule has 1 aliphatic carbocycles. The van der Waals surface area contributed by atoms with Crippen LogP contribution in [0, 0.1) is 12.1 Å².